The maximum atomic E-state index is 14.0. The lowest BCUT2D eigenvalue weighted by atomic mass is 10.0. The molecule has 3 N–H and O–H groups in total. The lowest BCUT2D eigenvalue weighted by Gasteiger charge is -2.16. The first kappa shape index (κ1) is 30.4. The number of nitrogens with one attached hydrogen (secondary N) is 1. The Bertz CT molecular complexity index is 1950. The molecule has 44 heavy (non-hydrogen) atoms. The highest BCUT2D eigenvalue weighted by Gasteiger charge is 2.23. The molecule has 0 unspecified atom stereocenters. The van der Waals surface area contributed by atoms with Crippen LogP contribution in [0.15, 0.2) is 101 Å². The van der Waals surface area contributed by atoms with Gasteiger partial charge in [-0.3, -0.25) is 9.78 Å². The molecule has 4 aromatic carbocycles. The van der Waals surface area contributed by atoms with Gasteiger partial charge in [0.1, 0.15) is 12.0 Å². The first-order valence-electron chi connectivity index (χ1n) is 14.2. The monoisotopic (exact) mass is 607 g/mol. The molecule has 0 aliphatic heterocycles. The van der Waals surface area contributed by atoms with Crippen LogP contribution in [0.3, 0.4) is 0 Å². The number of fused-ring (bicyclic) bond motifs is 1. The summed E-state index contributed by atoms with van der Waals surface area (Å²) in [6.45, 7) is 1.78. The zero-order valence-electron chi connectivity index (χ0n) is 24.5. The van der Waals surface area contributed by atoms with Crippen molar-refractivity contribution in [2.75, 3.05) is 12.4 Å². The van der Waals surface area contributed by atoms with E-state index < -0.39 is 15.7 Å². The second kappa shape index (κ2) is 13.1. The molecule has 0 bridgehead atoms. The number of benzene rings is 4. The smallest absolute Gasteiger partial charge is 0.252 e. The summed E-state index contributed by atoms with van der Waals surface area (Å²) in [5, 5.41) is 3.69. The quantitative estimate of drug-likeness (QED) is 0.118. The average molecular weight is 608 g/mol. The molecule has 1 aromatic heterocycles. The third kappa shape index (κ3) is 6.48. The highest BCUT2D eigenvalue weighted by molar-refractivity contribution is 7.91. The third-order valence-electron chi connectivity index (χ3n) is 7.52. The van der Waals surface area contributed by atoms with Crippen LogP contribution in [0.4, 0.5) is 11.4 Å². The summed E-state index contributed by atoms with van der Waals surface area (Å²) >= 11 is 0. The van der Waals surface area contributed by atoms with Crippen LogP contribution in [-0.4, -0.2) is 32.7 Å². The largest absolute Gasteiger partial charge is 0.497 e. The fourth-order valence-corrected chi connectivity index (χ4v) is 6.59. The predicted molar refractivity (Wildman–Crippen MR) is 172 cm³/mol. The lowest BCUT2D eigenvalue weighted by Crippen LogP contribution is -2.14. The molecule has 0 aliphatic carbocycles. The zero-order valence-corrected chi connectivity index (χ0v) is 25.4. The maximum Gasteiger partial charge on any atom is 0.252 e. The molecule has 5 aromatic rings. The zero-order chi connectivity index (χ0) is 31.3. The molecule has 1 heterocycles. The predicted octanol–water partition coefficient (Wildman–Crippen LogP) is 6.81. The Kier molecular flexibility index (Phi) is 9.06. The van der Waals surface area contributed by atoms with Gasteiger partial charge in [-0.05, 0) is 84.8 Å². The molecular weight excluding hydrogens is 574 g/mol. The summed E-state index contributed by atoms with van der Waals surface area (Å²) in [7, 11) is -2.41. The number of nitrogens with two attached hydrogens (primary N) is 1. The Labute approximate surface area is 256 Å². The number of primary amides is 1. The van der Waals surface area contributed by atoms with E-state index in [1.165, 1.54) is 12.3 Å². The van der Waals surface area contributed by atoms with Crippen molar-refractivity contribution in [1.82, 2.24) is 4.98 Å². The van der Waals surface area contributed by atoms with Gasteiger partial charge in [-0.2, -0.15) is 0 Å². The number of hydrogen-bond donors (Lipinski definition) is 2. The second-order valence-corrected chi connectivity index (χ2v) is 12.5. The normalized spacial score (nSPS) is 11.3. The van der Waals surface area contributed by atoms with E-state index in [1.54, 1.807) is 62.6 Å². The number of carbonyl (C=O) groups is 2. The number of rotatable bonds is 12. The van der Waals surface area contributed by atoms with Crippen molar-refractivity contribution in [3.8, 4) is 16.9 Å². The fourth-order valence-electron chi connectivity index (χ4n) is 5.17. The number of methoxy groups -OCH3 is 1. The summed E-state index contributed by atoms with van der Waals surface area (Å²) in [4.78, 5) is 27.6. The van der Waals surface area contributed by atoms with Gasteiger partial charge in [0.15, 0.2) is 0 Å². The molecule has 224 valence electrons. The van der Waals surface area contributed by atoms with Crippen LogP contribution in [0.5, 0.6) is 5.75 Å². The molecule has 5 rings (SSSR count). The minimum absolute atomic E-state index is 0.0717. The van der Waals surface area contributed by atoms with Crippen molar-refractivity contribution in [1.29, 1.82) is 0 Å². The van der Waals surface area contributed by atoms with Gasteiger partial charge < -0.3 is 20.6 Å². The molecule has 0 saturated heterocycles. The minimum Gasteiger partial charge on any atom is -0.497 e. The van der Waals surface area contributed by atoms with Crippen LogP contribution in [0.2, 0.25) is 0 Å². The summed E-state index contributed by atoms with van der Waals surface area (Å²) in [6, 6.07) is 25.2. The molecule has 0 aliphatic rings. The molecule has 0 spiro atoms. The van der Waals surface area contributed by atoms with Gasteiger partial charge in [-0.25, -0.2) is 8.42 Å². The maximum absolute atomic E-state index is 14.0. The van der Waals surface area contributed by atoms with Gasteiger partial charge >= 0.3 is 0 Å². The van der Waals surface area contributed by atoms with E-state index in [9.17, 15) is 18.0 Å². The SMILES string of the molecule is COc1cccc(Nc2c(C(N)=O)cnc3c(C)cc(S(=O)(=O)c4cccc(-c5ccc(CCCCC=O)cc5)c4)cc23)c1. The molecule has 0 radical (unpaired) electrons. The van der Waals surface area contributed by atoms with Gasteiger partial charge in [-0.1, -0.05) is 42.5 Å². The number of carbonyl (C=O) groups excluding carboxylic acids is 2. The molecule has 0 fully saturated rings. The Hall–Kier alpha value is -5.02. The fraction of sp³-hybridized carbons (Fsp3) is 0.171. The number of hydrogen-bond acceptors (Lipinski definition) is 7. The highest BCUT2D eigenvalue weighted by Crippen LogP contribution is 2.35. The second-order valence-electron chi connectivity index (χ2n) is 10.5. The number of aryl methyl sites for hydroxylation is 2. The molecule has 0 atom stereocenters. The van der Waals surface area contributed by atoms with Crippen molar-refractivity contribution in [3.05, 3.63) is 108 Å². The number of sulfone groups is 1. The van der Waals surface area contributed by atoms with Crippen molar-refractivity contribution in [3.63, 3.8) is 0 Å². The minimum atomic E-state index is -3.96. The van der Waals surface area contributed by atoms with Crippen molar-refractivity contribution in [2.45, 2.75) is 42.4 Å². The van der Waals surface area contributed by atoms with Crippen LogP contribution < -0.4 is 15.8 Å². The Morgan fingerprint density at radius 3 is 2.43 bits per heavy atom. The topological polar surface area (TPSA) is 128 Å². The van der Waals surface area contributed by atoms with Gasteiger partial charge in [-0.15, -0.1) is 0 Å². The molecule has 1 amide bonds. The van der Waals surface area contributed by atoms with E-state index in [1.807, 2.05) is 30.3 Å². The number of anilines is 2. The van der Waals surface area contributed by atoms with E-state index in [0.29, 0.717) is 40.0 Å². The van der Waals surface area contributed by atoms with Gasteiger partial charge in [0.25, 0.3) is 5.91 Å². The average Bonchev–Trinajstić information content (AvgIpc) is 3.03. The number of ether oxygens (including phenoxy) is 1. The van der Waals surface area contributed by atoms with Crippen molar-refractivity contribution in [2.24, 2.45) is 5.73 Å². The van der Waals surface area contributed by atoms with Crippen LogP contribution in [-0.2, 0) is 21.1 Å². The van der Waals surface area contributed by atoms with Crippen molar-refractivity contribution >= 4 is 44.3 Å². The first-order chi connectivity index (χ1) is 21.2. The summed E-state index contributed by atoms with van der Waals surface area (Å²) in [5.74, 6) is -0.0899. The Balaban J connectivity index is 1.53. The Morgan fingerprint density at radius 2 is 1.70 bits per heavy atom. The van der Waals surface area contributed by atoms with Crippen LogP contribution >= 0.6 is 0 Å². The standard InChI is InChI=1S/C35H33N3O5S/c1-23-18-30(21-31-33(23)37-22-32(35(36)40)34(31)38-27-10-7-11-28(20-27)43-2)44(41,42)29-12-6-9-26(19-29)25-15-13-24(14-16-25)8-4-3-5-17-39/h6-7,9-22H,3-5,8H2,1-2H3,(H2,36,40)(H,37,38). The number of aromatic nitrogens is 1. The number of pyridine rings is 1. The van der Waals surface area contributed by atoms with E-state index in [0.717, 1.165) is 42.2 Å². The first-order valence-corrected chi connectivity index (χ1v) is 15.7. The van der Waals surface area contributed by atoms with Crippen LogP contribution in [0.25, 0.3) is 22.0 Å². The summed E-state index contributed by atoms with van der Waals surface area (Å²) < 4.78 is 33.4. The molecular formula is C35H33N3O5S. The Morgan fingerprint density at radius 1 is 0.932 bits per heavy atom. The molecule has 0 saturated carbocycles. The van der Waals surface area contributed by atoms with Gasteiger partial charge in [0, 0.05) is 29.8 Å². The number of unbranched alkanes of at least 4 members (excludes halogenated alkanes) is 2. The van der Waals surface area contributed by atoms with Crippen LogP contribution in [0.1, 0.15) is 40.7 Å². The number of aldehydes is 1. The molecule has 8 nitrogen and oxygen atoms in total. The van der Waals surface area contributed by atoms with Gasteiger partial charge in [0.2, 0.25) is 9.84 Å². The molecule has 9 heteroatoms. The third-order valence-corrected chi connectivity index (χ3v) is 9.25. The summed E-state index contributed by atoms with van der Waals surface area (Å²) in [5.41, 5.74) is 10.8. The van der Waals surface area contributed by atoms with E-state index in [2.05, 4.69) is 10.3 Å². The van der Waals surface area contributed by atoms with Crippen LogP contribution in [0, 0.1) is 6.92 Å². The number of nitrogens with zero attached hydrogens (tertiary/aromatic N) is 1. The summed E-state index contributed by atoms with van der Waals surface area (Å²) in [6.07, 6.45) is 5.58. The lowest BCUT2D eigenvalue weighted by molar-refractivity contribution is -0.107. The van der Waals surface area contributed by atoms with E-state index in [4.69, 9.17) is 10.5 Å². The number of amides is 1. The highest BCUT2D eigenvalue weighted by atomic mass is 32.2. The van der Waals surface area contributed by atoms with Crippen molar-refractivity contribution < 1.29 is 22.7 Å². The van der Waals surface area contributed by atoms with E-state index in [-0.39, 0.29) is 15.4 Å². The van der Waals surface area contributed by atoms with E-state index >= 15 is 0 Å². The van der Waals surface area contributed by atoms with Gasteiger partial charge in [0.05, 0.1) is 33.7 Å².